The van der Waals surface area contributed by atoms with E-state index in [0.717, 1.165) is 15.9 Å². The highest BCUT2D eigenvalue weighted by molar-refractivity contribution is 9.10. The van der Waals surface area contributed by atoms with Crippen LogP contribution in [0, 0.1) is 0 Å². The molecule has 3 N–H and O–H groups in total. The Bertz CT molecular complexity index is 590. The van der Waals surface area contributed by atoms with E-state index in [9.17, 15) is 0 Å². The first kappa shape index (κ1) is 13.5. The first-order chi connectivity index (χ1) is 9.13. The Labute approximate surface area is 119 Å². The van der Waals surface area contributed by atoms with Crippen LogP contribution in [0.15, 0.2) is 34.9 Å². The summed E-state index contributed by atoms with van der Waals surface area (Å²) in [5.74, 6) is 1.97. The number of hydrogen-bond acceptors (Lipinski definition) is 5. The zero-order valence-corrected chi connectivity index (χ0v) is 12.2. The van der Waals surface area contributed by atoms with Crippen molar-refractivity contribution in [3.63, 3.8) is 0 Å². The number of nitrogens with two attached hydrogens (primary N) is 1. The van der Waals surface area contributed by atoms with Crippen LogP contribution in [0.1, 0.15) is 0 Å². The molecular weight excluding hydrogens is 310 g/mol. The largest absolute Gasteiger partial charge is 0.497 e. The maximum atomic E-state index is 5.90. The van der Waals surface area contributed by atoms with Crippen molar-refractivity contribution in [3.05, 3.63) is 34.9 Å². The Hall–Kier alpha value is -1.95. The summed E-state index contributed by atoms with van der Waals surface area (Å²) in [7, 11) is 3.21. The molecule has 0 fully saturated rings. The number of pyridine rings is 1. The maximum absolute atomic E-state index is 5.90. The van der Waals surface area contributed by atoms with Gasteiger partial charge in [0.25, 0.3) is 0 Å². The molecular formula is C13H14BrN3O2. The zero-order valence-electron chi connectivity index (χ0n) is 10.6. The van der Waals surface area contributed by atoms with Gasteiger partial charge in [0.2, 0.25) is 0 Å². The van der Waals surface area contributed by atoms with Gasteiger partial charge in [-0.05, 0) is 34.1 Å². The maximum Gasteiger partial charge on any atom is 0.153 e. The summed E-state index contributed by atoms with van der Waals surface area (Å²) in [6, 6.07) is 7.24. The minimum atomic E-state index is 0.541. The number of nitrogens with zero attached hydrogens (tertiary/aromatic N) is 1. The molecule has 6 heteroatoms. The number of halogens is 1. The lowest BCUT2D eigenvalue weighted by Crippen LogP contribution is -2.01. The number of hydrogen-bond donors (Lipinski definition) is 2. The molecule has 5 nitrogen and oxygen atoms in total. The molecule has 19 heavy (non-hydrogen) atoms. The molecule has 0 bridgehead atoms. The van der Waals surface area contributed by atoms with Gasteiger partial charge < -0.3 is 20.5 Å². The van der Waals surface area contributed by atoms with Crippen LogP contribution in [0.2, 0.25) is 0 Å². The van der Waals surface area contributed by atoms with E-state index in [1.54, 1.807) is 26.5 Å². The number of benzene rings is 1. The Morgan fingerprint density at radius 1 is 1.21 bits per heavy atom. The molecule has 1 aromatic heterocycles. The first-order valence-corrected chi connectivity index (χ1v) is 6.33. The second-order valence-electron chi connectivity index (χ2n) is 3.78. The van der Waals surface area contributed by atoms with Gasteiger partial charge in [0.1, 0.15) is 11.5 Å². The monoisotopic (exact) mass is 323 g/mol. The van der Waals surface area contributed by atoms with Gasteiger partial charge in [-0.25, -0.2) is 4.98 Å². The first-order valence-electron chi connectivity index (χ1n) is 5.54. The second kappa shape index (κ2) is 5.79. The molecule has 0 radical (unpaired) electrons. The number of anilines is 3. The zero-order chi connectivity index (χ0) is 13.8. The van der Waals surface area contributed by atoms with Crippen molar-refractivity contribution >= 4 is 33.1 Å². The van der Waals surface area contributed by atoms with Crippen molar-refractivity contribution in [2.45, 2.75) is 0 Å². The third-order valence-electron chi connectivity index (χ3n) is 2.54. The topological polar surface area (TPSA) is 69.4 Å². The van der Waals surface area contributed by atoms with Gasteiger partial charge in [-0.2, -0.15) is 0 Å². The quantitative estimate of drug-likeness (QED) is 0.904. The fourth-order valence-electron chi connectivity index (χ4n) is 1.60. The Balaban J connectivity index is 2.36. The predicted octanol–water partition coefficient (Wildman–Crippen LogP) is 3.19. The summed E-state index contributed by atoms with van der Waals surface area (Å²) in [5.41, 5.74) is 7.18. The molecule has 0 spiro atoms. The Kier molecular flexibility index (Phi) is 4.11. The van der Waals surface area contributed by atoms with E-state index < -0.39 is 0 Å². The molecule has 0 atom stereocenters. The van der Waals surface area contributed by atoms with Crippen LogP contribution in [0.4, 0.5) is 17.2 Å². The molecule has 0 unspecified atom stereocenters. The van der Waals surface area contributed by atoms with Crippen molar-refractivity contribution in [1.29, 1.82) is 0 Å². The summed E-state index contributed by atoms with van der Waals surface area (Å²) in [6.45, 7) is 0. The third kappa shape index (κ3) is 3.08. The van der Waals surface area contributed by atoms with E-state index in [-0.39, 0.29) is 0 Å². The predicted molar refractivity (Wildman–Crippen MR) is 79.2 cm³/mol. The van der Waals surface area contributed by atoms with E-state index in [1.165, 1.54) is 0 Å². The second-order valence-corrected chi connectivity index (χ2v) is 4.70. The molecule has 0 aliphatic carbocycles. The van der Waals surface area contributed by atoms with Crippen LogP contribution in [0.5, 0.6) is 11.5 Å². The number of ether oxygens (including phenoxy) is 2. The van der Waals surface area contributed by atoms with E-state index in [1.807, 2.05) is 18.2 Å². The SMILES string of the molecule is COc1ccc(OC)c(Nc2ncc(Br)cc2N)c1. The van der Waals surface area contributed by atoms with Crippen molar-refractivity contribution in [2.75, 3.05) is 25.3 Å². The standard InChI is InChI=1S/C13H14BrN3O2/c1-18-9-3-4-12(19-2)11(6-9)17-13-10(15)5-8(14)7-16-13/h3-7H,15H2,1-2H3,(H,16,17). The van der Waals surface area contributed by atoms with Crippen LogP contribution in [-0.2, 0) is 0 Å². The number of aromatic nitrogens is 1. The molecule has 0 aliphatic rings. The van der Waals surface area contributed by atoms with E-state index in [2.05, 4.69) is 26.2 Å². The molecule has 2 rings (SSSR count). The molecule has 0 amide bonds. The van der Waals surface area contributed by atoms with Gasteiger partial charge >= 0.3 is 0 Å². The highest BCUT2D eigenvalue weighted by Crippen LogP contribution is 2.32. The lowest BCUT2D eigenvalue weighted by atomic mass is 10.2. The highest BCUT2D eigenvalue weighted by atomic mass is 79.9. The fraction of sp³-hybridized carbons (Fsp3) is 0.154. The number of rotatable bonds is 4. The number of nitrogens with one attached hydrogen (secondary N) is 1. The summed E-state index contributed by atoms with van der Waals surface area (Å²) < 4.78 is 11.3. The van der Waals surface area contributed by atoms with Crippen LogP contribution >= 0.6 is 15.9 Å². The normalized spacial score (nSPS) is 10.1. The highest BCUT2D eigenvalue weighted by Gasteiger charge is 2.08. The number of nitrogen functional groups attached to an aromatic ring is 1. The molecule has 1 aromatic carbocycles. The van der Waals surface area contributed by atoms with Gasteiger partial charge in [-0.3, -0.25) is 0 Å². The Morgan fingerprint density at radius 2 is 2.00 bits per heavy atom. The average molecular weight is 324 g/mol. The van der Waals surface area contributed by atoms with Crippen molar-refractivity contribution < 1.29 is 9.47 Å². The van der Waals surface area contributed by atoms with Crippen LogP contribution in [0.25, 0.3) is 0 Å². The summed E-state index contributed by atoms with van der Waals surface area (Å²) in [5, 5.41) is 3.13. The minimum absolute atomic E-state index is 0.541. The van der Waals surface area contributed by atoms with Gasteiger partial charge in [-0.1, -0.05) is 0 Å². The molecule has 0 saturated heterocycles. The summed E-state index contributed by atoms with van der Waals surface area (Å²) >= 11 is 3.32. The summed E-state index contributed by atoms with van der Waals surface area (Å²) in [4.78, 5) is 4.22. The average Bonchev–Trinajstić information content (AvgIpc) is 2.41. The molecule has 2 aromatic rings. The molecule has 0 saturated carbocycles. The van der Waals surface area contributed by atoms with Crippen molar-refractivity contribution in [1.82, 2.24) is 4.98 Å². The molecule has 1 heterocycles. The molecule has 100 valence electrons. The fourth-order valence-corrected chi connectivity index (χ4v) is 1.95. The van der Waals surface area contributed by atoms with Gasteiger partial charge in [0.05, 0.1) is 25.6 Å². The number of methoxy groups -OCH3 is 2. The van der Waals surface area contributed by atoms with Crippen LogP contribution < -0.4 is 20.5 Å². The van der Waals surface area contributed by atoms with Crippen LogP contribution in [0.3, 0.4) is 0 Å². The van der Waals surface area contributed by atoms with E-state index in [4.69, 9.17) is 15.2 Å². The van der Waals surface area contributed by atoms with Gasteiger partial charge in [0.15, 0.2) is 5.82 Å². The lowest BCUT2D eigenvalue weighted by molar-refractivity contribution is 0.405. The summed E-state index contributed by atoms with van der Waals surface area (Å²) in [6.07, 6.45) is 1.67. The van der Waals surface area contributed by atoms with E-state index in [0.29, 0.717) is 17.3 Å². The van der Waals surface area contributed by atoms with Crippen LogP contribution in [-0.4, -0.2) is 19.2 Å². The van der Waals surface area contributed by atoms with Gasteiger partial charge in [-0.15, -0.1) is 0 Å². The van der Waals surface area contributed by atoms with Gasteiger partial charge in [0, 0.05) is 16.7 Å². The smallest absolute Gasteiger partial charge is 0.153 e. The molecule has 0 aliphatic heterocycles. The van der Waals surface area contributed by atoms with E-state index >= 15 is 0 Å². The third-order valence-corrected chi connectivity index (χ3v) is 2.98. The van der Waals surface area contributed by atoms with Crippen molar-refractivity contribution in [3.8, 4) is 11.5 Å². The Morgan fingerprint density at radius 3 is 2.63 bits per heavy atom. The minimum Gasteiger partial charge on any atom is -0.497 e. The lowest BCUT2D eigenvalue weighted by Gasteiger charge is -2.13. The van der Waals surface area contributed by atoms with Crippen molar-refractivity contribution in [2.24, 2.45) is 0 Å².